The van der Waals surface area contributed by atoms with Crippen molar-refractivity contribution >= 4 is 28.6 Å². The minimum atomic E-state index is -4.63. The van der Waals surface area contributed by atoms with Gasteiger partial charge in [-0.15, -0.1) is 0 Å². The molecule has 0 aliphatic carbocycles. The zero-order valence-electron chi connectivity index (χ0n) is 17.4. The lowest BCUT2D eigenvalue weighted by molar-refractivity contribution is -0.137. The minimum Gasteiger partial charge on any atom is -0.452 e. The number of anilines is 1. The molecule has 0 bridgehead atoms. The number of aryl methyl sites for hydroxylation is 1. The number of benzene rings is 3. The number of carbonyl (C=O) groups is 2. The standard InChI is InChI=1S/C24H18F3N3O3/c1-15-28-20-13-16(11-12-21(20)30(15)17-7-3-2-4-8-17)23(32)33-14-22(31)29-19-10-6-5-9-18(19)24(25,26)27/h2-13H,14H2,1H3,(H,29,31). The van der Waals surface area contributed by atoms with Gasteiger partial charge in [0.1, 0.15) is 5.82 Å². The maximum absolute atomic E-state index is 13.1. The highest BCUT2D eigenvalue weighted by molar-refractivity contribution is 5.97. The van der Waals surface area contributed by atoms with E-state index in [1.807, 2.05) is 41.8 Å². The fourth-order valence-electron chi connectivity index (χ4n) is 3.47. The second-order valence-electron chi connectivity index (χ2n) is 7.20. The number of aromatic nitrogens is 2. The average Bonchev–Trinajstić information content (AvgIpc) is 3.12. The number of hydrogen-bond acceptors (Lipinski definition) is 4. The molecule has 0 fully saturated rings. The molecule has 6 nitrogen and oxygen atoms in total. The van der Waals surface area contributed by atoms with Gasteiger partial charge in [0.2, 0.25) is 0 Å². The molecule has 4 rings (SSSR count). The Balaban J connectivity index is 1.46. The van der Waals surface area contributed by atoms with Gasteiger partial charge < -0.3 is 10.1 Å². The van der Waals surface area contributed by atoms with Crippen LogP contribution in [-0.2, 0) is 15.7 Å². The summed E-state index contributed by atoms with van der Waals surface area (Å²) in [6, 6.07) is 19.0. The monoisotopic (exact) mass is 453 g/mol. The van der Waals surface area contributed by atoms with Crippen molar-refractivity contribution in [2.45, 2.75) is 13.1 Å². The Bertz CT molecular complexity index is 1330. The van der Waals surface area contributed by atoms with Crippen molar-refractivity contribution in [3.63, 3.8) is 0 Å². The Morgan fingerprint density at radius 3 is 2.42 bits per heavy atom. The van der Waals surface area contributed by atoms with Crippen molar-refractivity contribution in [1.29, 1.82) is 0 Å². The number of fused-ring (bicyclic) bond motifs is 1. The summed E-state index contributed by atoms with van der Waals surface area (Å²) < 4.78 is 46.1. The number of esters is 1. The van der Waals surface area contributed by atoms with E-state index in [0.29, 0.717) is 5.52 Å². The number of para-hydroxylation sites is 2. The van der Waals surface area contributed by atoms with Crippen LogP contribution in [0.1, 0.15) is 21.7 Å². The summed E-state index contributed by atoms with van der Waals surface area (Å²) in [5.74, 6) is -0.946. The Hall–Kier alpha value is -4.14. The van der Waals surface area contributed by atoms with Gasteiger partial charge in [0.05, 0.1) is 27.8 Å². The molecular formula is C24H18F3N3O3. The SMILES string of the molecule is Cc1nc2cc(C(=O)OCC(=O)Nc3ccccc3C(F)(F)F)ccc2n1-c1ccccc1. The predicted molar refractivity (Wildman–Crippen MR) is 116 cm³/mol. The van der Waals surface area contributed by atoms with Crippen molar-refractivity contribution in [3.05, 3.63) is 89.7 Å². The van der Waals surface area contributed by atoms with E-state index < -0.39 is 35.9 Å². The molecule has 0 spiro atoms. The summed E-state index contributed by atoms with van der Waals surface area (Å²) in [6.07, 6.45) is -4.63. The minimum absolute atomic E-state index is 0.170. The van der Waals surface area contributed by atoms with Crippen LogP contribution >= 0.6 is 0 Å². The van der Waals surface area contributed by atoms with E-state index >= 15 is 0 Å². The highest BCUT2D eigenvalue weighted by Gasteiger charge is 2.33. The molecule has 0 saturated heterocycles. The van der Waals surface area contributed by atoms with Gasteiger partial charge in [0.15, 0.2) is 6.61 Å². The number of carbonyl (C=O) groups excluding carboxylic acids is 2. The van der Waals surface area contributed by atoms with Gasteiger partial charge in [-0.1, -0.05) is 30.3 Å². The fourth-order valence-corrected chi connectivity index (χ4v) is 3.47. The summed E-state index contributed by atoms with van der Waals surface area (Å²) in [4.78, 5) is 29.0. The number of nitrogens with zero attached hydrogens (tertiary/aromatic N) is 2. The van der Waals surface area contributed by atoms with Crippen LogP contribution in [0.15, 0.2) is 72.8 Å². The van der Waals surface area contributed by atoms with Gasteiger partial charge in [0.25, 0.3) is 5.91 Å². The van der Waals surface area contributed by atoms with Gasteiger partial charge in [-0.05, 0) is 49.4 Å². The van der Waals surface area contributed by atoms with Crippen LogP contribution in [0.25, 0.3) is 16.7 Å². The first-order valence-electron chi connectivity index (χ1n) is 9.92. The molecule has 1 heterocycles. The maximum atomic E-state index is 13.1. The first-order valence-corrected chi connectivity index (χ1v) is 9.92. The van der Waals surface area contributed by atoms with E-state index in [4.69, 9.17) is 4.74 Å². The number of alkyl halides is 3. The van der Waals surface area contributed by atoms with E-state index in [1.165, 1.54) is 12.1 Å². The lowest BCUT2D eigenvalue weighted by atomic mass is 10.1. The quantitative estimate of drug-likeness (QED) is 0.425. The molecule has 0 radical (unpaired) electrons. The second kappa shape index (κ2) is 8.78. The van der Waals surface area contributed by atoms with E-state index in [0.717, 1.165) is 29.2 Å². The number of imidazole rings is 1. The van der Waals surface area contributed by atoms with Crippen molar-refractivity contribution in [2.75, 3.05) is 11.9 Å². The van der Waals surface area contributed by atoms with E-state index in [1.54, 1.807) is 18.2 Å². The van der Waals surface area contributed by atoms with Crippen LogP contribution in [0.4, 0.5) is 18.9 Å². The molecule has 1 amide bonds. The lowest BCUT2D eigenvalue weighted by Crippen LogP contribution is -2.22. The summed E-state index contributed by atoms with van der Waals surface area (Å²) >= 11 is 0. The molecule has 168 valence electrons. The van der Waals surface area contributed by atoms with Crippen LogP contribution in [0.2, 0.25) is 0 Å². The smallest absolute Gasteiger partial charge is 0.418 e. The number of rotatable bonds is 5. The second-order valence-corrected chi connectivity index (χ2v) is 7.20. The van der Waals surface area contributed by atoms with Crippen LogP contribution in [0, 0.1) is 6.92 Å². The number of nitrogens with one attached hydrogen (secondary N) is 1. The third kappa shape index (κ3) is 4.72. The first kappa shape index (κ1) is 22.1. The first-order chi connectivity index (χ1) is 15.7. The third-order valence-electron chi connectivity index (χ3n) is 4.91. The molecule has 0 aliphatic rings. The highest BCUT2D eigenvalue weighted by atomic mass is 19.4. The molecular weight excluding hydrogens is 435 g/mol. The number of ether oxygens (including phenoxy) is 1. The molecule has 0 atom stereocenters. The van der Waals surface area contributed by atoms with Crippen LogP contribution in [0.3, 0.4) is 0 Å². The number of halogens is 3. The molecule has 9 heteroatoms. The van der Waals surface area contributed by atoms with Crippen LogP contribution < -0.4 is 5.32 Å². The summed E-state index contributed by atoms with van der Waals surface area (Å²) in [6.45, 7) is 1.11. The maximum Gasteiger partial charge on any atom is 0.418 e. The highest BCUT2D eigenvalue weighted by Crippen LogP contribution is 2.34. The van der Waals surface area contributed by atoms with E-state index in [-0.39, 0.29) is 5.56 Å². The Kier molecular flexibility index (Phi) is 5.87. The van der Waals surface area contributed by atoms with Gasteiger partial charge in [-0.2, -0.15) is 13.2 Å². The van der Waals surface area contributed by atoms with E-state index in [9.17, 15) is 22.8 Å². The van der Waals surface area contributed by atoms with Gasteiger partial charge in [-0.3, -0.25) is 9.36 Å². The predicted octanol–water partition coefficient (Wildman–Crippen LogP) is 5.15. The van der Waals surface area contributed by atoms with Crippen LogP contribution in [-0.4, -0.2) is 28.0 Å². The normalized spacial score (nSPS) is 11.4. The van der Waals surface area contributed by atoms with Crippen molar-refractivity contribution in [1.82, 2.24) is 9.55 Å². The van der Waals surface area contributed by atoms with Crippen molar-refractivity contribution in [2.24, 2.45) is 0 Å². The summed E-state index contributed by atoms with van der Waals surface area (Å²) in [5, 5.41) is 2.13. The molecule has 1 aromatic heterocycles. The van der Waals surface area contributed by atoms with Crippen LogP contribution in [0.5, 0.6) is 0 Å². The summed E-state index contributed by atoms with van der Waals surface area (Å²) in [7, 11) is 0. The van der Waals surface area contributed by atoms with Gasteiger partial charge in [0, 0.05) is 5.69 Å². The number of hydrogen-bond donors (Lipinski definition) is 1. The van der Waals surface area contributed by atoms with Gasteiger partial charge >= 0.3 is 12.1 Å². The molecule has 0 saturated carbocycles. The third-order valence-corrected chi connectivity index (χ3v) is 4.91. The Morgan fingerprint density at radius 2 is 1.70 bits per heavy atom. The molecule has 0 aliphatic heterocycles. The Morgan fingerprint density at radius 1 is 1.00 bits per heavy atom. The molecule has 1 N–H and O–H groups in total. The lowest BCUT2D eigenvalue weighted by Gasteiger charge is -2.13. The zero-order chi connectivity index (χ0) is 23.6. The van der Waals surface area contributed by atoms with Crippen molar-refractivity contribution in [3.8, 4) is 5.69 Å². The largest absolute Gasteiger partial charge is 0.452 e. The van der Waals surface area contributed by atoms with E-state index in [2.05, 4.69) is 10.3 Å². The average molecular weight is 453 g/mol. The zero-order valence-corrected chi connectivity index (χ0v) is 17.4. The van der Waals surface area contributed by atoms with Gasteiger partial charge in [-0.25, -0.2) is 9.78 Å². The molecule has 3 aromatic carbocycles. The summed E-state index contributed by atoms with van der Waals surface area (Å²) in [5.41, 5.74) is 1.05. The fraction of sp³-hybridized carbons (Fsp3) is 0.125. The molecule has 4 aromatic rings. The molecule has 0 unspecified atom stereocenters. The Labute approximate surface area is 186 Å². The van der Waals surface area contributed by atoms with Crippen molar-refractivity contribution < 1.29 is 27.5 Å². The topological polar surface area (TPSA) is 73.2 Å². The molecule has 33 heavy (non-hydrogen) atoms. The number of amides is 1.